The molecular weight excluding hydrogens is 232 g/mol. The van der Waals surface area contributed by atoms with Crippen molar-refractivity contribution < 1.29 is 14.2 Å². The van der Waals surface area contributed by atoms with Gasteiger partial charge in [0.2, 0.25) is 0 Å². The van der Waals surface area contributed by atoms with Crippen molar-refractivity contribution in [3.05, 3.63) is 24.2 Å². The molecule has 1 aromatic heterocycles. The second-order valence-electron chi connectivity index (χ2n) is 3.79. The second-order valence-corrected chi connectivity index (χ2v) is 3.79. The molecule has 0 saturated carbocycles. The minimum atomic E-state index is 0.634. The van der Waals surface area contributed by atoms with Gasteiger partial charge in [0, 0.05) is 11.6 Å². The van der Waals surface area contributed by atoms with Gasteiger partial charge < -0.3 is 19.2 Å². The topological polar surface area (TPSA) is 56.4 Å². The minimum Gasteiger partial charge on any atom is -0.496 e. The van der Waals surface area contributed by atoms with E-state index in [-0.39, 0.29) is 0 Å². The van der Waals surface area contributed by atoms with Gasteiger partial charge in [-0.1, -0.05) is 0 Å². The fourth-order valence-electron chi connectivity index (χ4n) is 1.80. The molecule has 1 aromatic carbocycles. The summed E-state index contributed by atoms with van der Waals surface area (Å²) in [6, 6.07) is 3.66. The van der Waals surface area contributed by atoms with Crippen LogP contribution in [0.3, 0.4) is 0 Å². The van der Waals surface area contributed by atoms with E-state index in [1.165, 1.54) is 0 Å². The molecule has 0 spiro atoms. The molecule has 1 N–H and O–H groups in total. The van der Waals surface area contributed by atoms with Crippen LogP contribution in [-0.4, -0.2) is 31.3 Å². The number of hydrogen-bond donors (Lipinski definition) is 1. The predicted octanol–water partition coefficient (Wildman–Crippen LogP) is 2.41. The van der Waals surface area contributed by atoms with Crippen molar-refractivity contribution in [2.24, 2.45) is 0 Å². The summed E-state index contributed by atoms with van der Waals surface area (Å²) in [7, 11) is 4.82. The third kappa shape index (κ3) is 2.11. The largest absolute Gasteiger partial charge is 0.496 e. The smallest absolute Gasteiger partial charge is 0.164 e. The van der Waals surface area contributed by atoms with E-state index in [0.717, 1.165) is 17.1 Å². The van der Waals surface area contributed by atoms with E-state index in [4.69, 9.17) is 14.2 Å². The van der Waals surface area contributed by atoms with Crippen LogP contribution < -0.4 is 14.2 Å². The van der Waals surface area contributed by atoms with Crippen LogP contribution >= 0.6 is 0 Å². The maximum Gasteiger partial charge on any atom is 0.164 e. The Morgan fingerprint density at radius 1 is 0.944 bits per heavy atom. The molecule has 2 aromatic rings. The lowest BCUT2D eigenvalue weighted by Crippen LogP contribution is -1.95. The van der Waals surface area contributed by atoms with Gasteiger partial charge >= 0.3 is 0 Å². The monoisotopic (exact) mass is 248 g/mol. The summed E-state index contributed by atoms with van der Waals surface area (Å²) in [5, 5.41) is 0. The highest BCUT2D eigenvalue weighted by Crippen LogP contribution is 2.39. The molecule has 5 nitrogen and oxygen atoms in total. The van der Waals surface area contributed by atoms with Gasteiger partial charge in [0.25, 0.3) is 0 Å². The standard InChI is InChI=1S/C13H16N2O3/c1-8-14-7-10(15-8)9-5-12(17-3)13(18-4)6-11(9)16-2/h5-7H,1-4H3,(H,14,15). The molecule has 0 radical (unpaired) electrons. The Kier molecular flexibility index (Phi) is 3.41. The molecule has 0 aliphatic carbocycles. The number of hydrogen-bond acceptors (Lipinski definition) is 4. The number of rotatable bonds is 4. The molecule has 0 saturated heterocycles. The van der Waals surface area contributed by atoms with Crippen molar-refractivity contribution in [1.29, 1.82) is 0 Å². The summed E-state index contributed by atoms with van der Waals surface area (Å²) < 4.78 is 15.9. The number of imidazole rings is 1. The first-order valence-corrected chi connectivity index (χ1v) is 5.51. The highest BCUT2D eigenvalue weighted by Gasteiger charge is 2.14. The Hall–Kier alpha value is -2.17. The molecule has 0 unspecified atom stereocenters. The quantitative estimate of drug-likeness (QED) is 0.902. The van der Waals surface area contributed by atoms with Crippen LogP contribution in [0.1, 0.15) is 5.82 Å². The lowest BCUT2D eigenvalue weighted by Gasteiger charge is -2.13. The summed E-state index contributed by atoms with van der Waals surface area (Å²) in [6.07, 6.45) is 1.76. The second kappa shape index (κ2) is 5.00. The summed E-state index contributed by atoms with van der Waals surface area (Å²) >= 11 is 0. The Morgan fingerprint density at radius 2 is 1.56 bits per heavy atom. The zero-order valence-corrected chi connectivity index (χ0v) is 10.9. The zero-order valence-electron chi connectivity index (χ0n) is 10.9. The van der Waals surface area contributed by atoms with Crippen LogP contribution in [0.2, 0.25) is 0 Å². The number of aromatic amines is 1. The molecular formula is C13H16N2O3. The van der Waals surface area contributed by atoms with Gasteiger partial charge in [-0.25, -0.2) is 4.98 Å². The SMILES string of the molecule is COc1cc(OC)c(-c2cnc(C)[nH]2)cc1OC. The van der Waals surface area contributed by atoms with E-state index in [0.29, 0.717) is 17.2 Å². The average molecular weight is 248 g/mol. The van der Waals surface area contributed by atoms with E-state index in [9.17, 15) is 0 Å². The third-order valence-electron chi connectivity index (χ3n) is 2.70. The first-order chi connectivity index (χ1) is 8.69. The number of aromatic nitrogens is 2. The van der Waals surface area contributed by atoms with E-state index >= 15 is 0 Å². The number of aryl methyl sites for hydroxylation is 1. The Morgan fingerprint density at radius 3 is 2.06 bits per heavy atom. The highest BCUT2D eigenvalue weighted by atomic mass is 16.5. The fourth-order valence-corrected chi connectivity index (χ4v) is 1.80. The molecule has 0 aliphatic rings. The maximum atomic E-state index is 5.37. The van der Waals surface area contributed by atoms with Crippen LogP contribution in [0.4, 0.5) is 0 Å². The van der Waals surface area contributed by atoms with E-state index < -0.39 is 0 Å². The van der Waals surface area contributed by atoms with Gasteiger partial charge in [0.05, 0.1) is 33.2 Å². The van der Waals surface area contributed by atoms with Gasteiger partial charge in [-0.3, -0.25) is 0 Å². The maximum absolute atomic E-state index is 5.37. The Bertz CT molecular complexity index is 549. The molecule has 18 heavy (non-hydrogen) atoms. The first-order valence-electron chi connectivity index (χ1n) is 5.51. The third-order valence-corrected chi connectivity index (χ3v) is 2.70. The highest BCUT2D eigenvalue weighted by molar-refractivity contribution is 5.71. The molecule has 0 bridgehead atoms. The summed E-state index contributed by atoms with van der Waals surface area (Å²) in [6.45, 7) is 1.90. The van der Waals surface area contributed by atoms with Gasteiger partial charge in [0.15, 0.2) is 11.5 Å². The molecule has 5 heteroatoms. The van der Waals surface area contributed by atoms with Crippen molar-refractivity contribution in [2.75, 3.05) is 21.3 Å². The van der Waals surface area contributed by atoms with Gasteiger partial charge in [-0.2, -0.15) is 0 Å². The molecule has 0 fully saturated rings. The van der Waals surface area contributed by atoms with Crippen molar-refractivity contribution in [1.82, 2.24) is 9.97 Å². The number of benzene rings is 1. The molecule has 0 amide bonds. The molecule has 0 aliphatic heterocycles. The number of nitrogens with zero attached hydrogens (tertiary/aromatic N) is 1. The Labute approximate surface area is 106 Å². The molecule has 1 heterocycles. The average Bonchev–Trinajstić information content (AvgIpc) is 2.83. The van der Waals surface area contributed by atoms with Gasteiger partial charge in [0.1, 0.15) is 11.6 Å². The fraction of sp³-hybridized carbons (Fsp3) is 0.308. The van der Waals surface area contributed by atoms with Crippen LogP contribution in [0, 0.1) is 6.92 Å². The van der Waals surface area contributed by atoms with Gasteiger partial charge in [-0.15, -0.1) is 0 Å². The number of ether oxygens (including phenoxy) is 3. The van der Waals surface area contributed by atoms with Crippen LogP contribution in [0.5, 0.6) is 17.2 Å². The number of H-pyrrole nitrogens is 1. The summed E-state index contributed by atoms with van der Waals surface area (Å²) in [5.74, 6) is 2.84. The van der Waals surface area contributed by atoms with Crippen molar-refractivity contribution in [3.8, 4) is 28.5 Å². The van der Waals surface area contributed by atoms with Crippen molar-refractivity contribution in [3.63, 3.8) is 0 Å². The molecule has 96 valence electrons. The van der Waals surface area contributed by atoms with E-state index in [1.807, 2.05) is 13.0 Å². The van der Waals surface area contributed by atoms with Gasteiger partial charge in [-0.05, 0) is 13.0 Å². The zero-order chi connectivity index (χ0) is 13.1. The lowest BCUT2D eigenvalue weighted by atomic mass is 10.1. The van der Waals surface area contributed by atoms with Crippen molar-refractivity contribution >= 4 is 0 Å². The number of nitrogens with one attached hydrogen (secondary N) is 1. The number of methoxy groups -OCH3 is 3. The molecule has 2 rings (SSSR count). The minimum absolute atomic E-state index is 0.634. The van der Waals surface area contributed by atoms with Crippen LogP contribution in [0.15, 0.2) is 18.3 Å². The lowest BCUT2D eigenvalue weighted by molar-refractivity contribution is 0.349. The summed E-state index contributed by atoms with van der Waals surface area (Å²) in [4.78, 5) is 7.35. The predicted molar refractivity (Wildman–Crippen MR) is 68.4 cm³/mol. The van der Waals surface area contributed by atoms with E-state index in [1.54, 1.807) is 33.6 Å². The normalized spacial score (nSPS) is 10.2. The van der Waals surface area contributed by atoms with Crippen molar-refractivity contribution in [2.45, 2.75) is 6.92 Å². The Balaban J connectivity index is 2.58. The molecule has 0 atom stereocenters. The van der Waals surface area contributed by atoms with Crippen LogP contribution in [-0.2, 0) is 0 Å². The van der Waals surface area contributed by atoms with E-state index in [2.05, 4.69) is 9.97 Å². The first kappa shape index (κ1) is 12.3. The summed E-state index contributed by atoms with van der Waals surface area (Å²) in [5.41, 5.74) is 1.76. The van der Waals surface area contributed by atoms with Crippen LogP contribution in [0.25, 0.3) is 11.3 Å².